The number of carbonyl (C=O) groups is 1. The van der Waals surface area contributed by atoms with E-state index in [4.69, 9.17) is 27.9 Å². The fourth-order valence-corrected chi connectivity index (χ4v) is 5.44. The lowest BCUT2D eigenvalue weighted by atomic mass is 10.0. The Morgan fingerprint density at radius 3 is 2.59 bits per heavy atom. The van der Waals surface area contributed by atoms with Gasteiger partial charge in [0, 0.05) is 36.0 Å². The molecular weight excluding hydrogens is 606 g/mol. The summed E-state index contributed by atoms with van der Waals surface area (Å²) in [5, 5.41) is 26.0. The van der Waals surface area contributed by atoms with Gasteiger partial charge in [0.25, 0.3) is 0 Å². The molecule has 3 aromatic carbocycles. The Morgan fingerprint density at radius 2 is 1.84 bits per heavy atom. The van der Waals surface area contributed by atoms with Crippen LogP contribution in [0.2, 0.25) is 10.0 Å². The highest BCUT2D eigenvalue weighted by atomic mass is 35.5. The Morgan fingerprint density at radius 1 is 1.07 bits per heavy atom. The molecule has 0 aliphatic carbocycles. The number of nitrogens with one attached hydrogen (secondary N) is 2. The maximum Gasteiger partial charge on any atom is 0.244 e. The summed E-state index contributed by atoms with van der Waals surface area (Å²) in [6.45, 7) is 2.18. The van der Waals surface area contributed by atoms with Crippen molar-refractivity contribution < 1.29 is 13.9 Å². The molecule has 1 amide bonds. The predicted molar refractivity (Wildman–Crippen MR) is 165 cm³/mol. The van der Waals surface area contributed by atoms with Crippen LogP contribution in [-0.2, 0) is 16.1 Å². The SMILES string of the molecule is N#Cc1cnc2c(Cl)cc(NC(c3ccccc3)c3cn(CC(=O)N4CCOCC4)nn3)cc2c1Nc1ccc(F)c(Cl)c1. The quantitative estimate of drug-likeness (QED) is 0.216. The molecule has 0 spiro atoms. The molecule has 0 bridgehead atoms. The number of morpholine rings is 1. The largest absolute Gasteiger partial charge is 0.378 e. The summed E-state index contributed by atoms with van der Waals surface area (Å²) in [6, 6.07) is 19.1. The van der Waals surface area contributed by atoms with Gasteiger partial charge in [-0.3, -0.25) is 9.78 Å². The van der Waals surface area contributed by atoms with E-state index in [2.05, 4.69) is 32.0 Å². The van der Waals surface area contributed by atoms with E-state index >= 15 is 0 Å². The molecule has 1 aliphatic heterocycles. The predicted octanol–water partition coefficient (Wildman–Crippen LogP) is 5.95. The first-order valence-electron chi connectivity index (χ1n) is 13.7. The van der Waals surface area contributed by atoms with E-state index in [0.717, 1.165) is 5.56 Å². The van der Waals surface area contributed by atoms with Crippen molar-refractivity contribution in [3.05, 3.63) is 106 Å². The summed E-state index contributed by atoms with van der Waals surface area (Å²) < 4.78 is 20.7. The zero-order chi connectivity index (χ0) is 30.6. The van der Waals surface area contributed by atoms with Gasteiger partial charge in [0.2, 0.25) is 5.91 Å². The molecule has 44 heavy (non-hydrogen) atoms. The van der Waals surface area contributed by atoms with Gasteiger partial charge in [0.1, 0.15) is 24.1 Å². The van der Waals surface area contributed by atoms with Crippen LogP contribution >= 0.6 is 23.2 Å². The molecule has 13 heteroatoms. The van der Waals surface area contributed by atoms with Crippen LogP contribution in [0, 0.1) is 17.1 Å². The molecule has 1 unspecified atom stereocenters. The van der Waals surface area contributed by atoms with E-state index in [1.807, 2.05) is 36.4 Å². The first-order chi connectivity index (χ1) is 21.4. The van der Waals surface area contributed by atoms with Gasteiger partial charge in [-0.15, -0.1) is 5.10 Å². The van der Waals surface area contributed by atoms with Crippen LogP contribution in [0.3, 0.4) is 0 Å². The number of carbonyl (C=O) groups excluding carboxylic acids is 1. The van der Waals surface area contributed by atoms with E-state index in [0.29, 0.717) is 65.0 Å². The Bertz CT molecular complexity index is 1870. The average molecular weight is 631 g/mol. The highest BCUT2D eigenvalue weighted by molar-refractivity contribution is 6.36. The Hall–Kier alpha value is -4.76. The second-order valence-electron chi connectivity index (χ2n) is 10.1. The van der Waals surface area contributed by atoms with Gasteiger partial charge in [-0.05, 0) is 35.9 Å². The molecule has 1 fully saturated rings. The number of halogens is 3. The molecule has 0 saturated carbocycles. The summed E-state index contributed by atoms with van der Waals surface area (Å²) in [7, 11) is 0. The van der Waals surface area contributed by atoms with Gasteiger partial charge in [0.05, 0.1) is 52.3 Å². The topological polar surface area (TPSA) is 121 Å². The van der Waals surface area contributed by atoms with Gasteiger partial charge >= 0.3 is 0 Å². The molecule has 6 rings (SSSR count). The fourth-order valence-electron chi connectivity index (χ4n) is 5.00. The molecule has 222 valence electrons. The van der Waals surface area contributed by atoms with E-state index < -0.39 is 11.9 Å². The van der Waals surface area contributed by atoms with Crippen LogP contribution in [0.1, 0.15) is 22.9 Å². The molecule has 0 radical (unpaired) electrons. The highest BCUT2D eigenvalue weighted by Crippen LogP contribution is 2.37. The molecule has 10 nitrogen and oxygen atoms in total. The van der Waals surface area contributed by atoms with Gasteiger partial charge in [-0.2, -0.15) is 5.26 Å². The number of ether oxygens (including phenoxy) is 1. The van der Waals surface area contributed by atoms with Gasteiger partial charge < -0.3 is 20.3 Å². The van der Waals surface area contributed by atoms with Crippen molar-refractivity contribution >= 4 is 57.1 Å². The third kappa shape index (κ3) is 6.28. The van der Waals surface area contributed by atoms with Crippen LogP contribution in [0.5, 0.6) is 0 Å². The first-order valence-corrected chi connectivity index (χ1v) is 14.5. The first kappa shape index (κ1) is 29.3. The second kappa shape index (κ2) is 12.9. The summed E-state index contributed by atoms with van der Waals surface area (Å²) in [5.74, 6) is -0.611. The number of hydrogen-bond acceptors (Lipinski definition) is 8. The van der Waals surface area contributed by atoms with Gasteiger partial charge in [-0.25, -0.2) is 9.07 Å². The molecule has 2 N–H and O–H groups in total. The molecule has 1 saturated heterocycles. The normalized spacial score (nSPS) is 13.8. The van der Waals surface area contributed by atoms with E-state index in [-0.39, 0.29) is 23.0 Å². The third-order valence-corrected chi connectivity index (χ3v) is 7.77. The number of fused-ring (bicyclic) bond motifs is 1. The van der Waals surface area contributed by atoms with Crippen LogP contribution in [-0.4, -0.2) is 57.1 Å². The number of anilines is 3. The lowest BCUT2D eigenvalue weighted by Gasteiger charge is -2.26. The zero-order valence-electron chi connectivity index (χ0n) is 23.2. The summed E-state index contributed by atoms with van der Waals surface area (Å²) in [6.07, 6.45) is 3.17. The number of pyridine rings is 1. The maximum absolute atomic E-state index is 13.8. The number of amides is 1. The number of hydrogen-bond donors (Lipinski definition) is 2. The van der Waals surface area contributed by atoms with E-state index in [1.165, 1.54) is 29.1 Å². The van der Waals surface area contributed by atoms with Crippen molar-refractivity contribution in [1.29, 1.82) is 5.26 Å². The van der Waals surface area contributed by atoms with Gasteiger partial charge in [-0.1, -0.05) is 58.7 Å². The van der Waals surface area contributed by atoms with E-state index in [9.17, 15) is 14.4 Å². The number of benzene rings is 3. The molecule has 3 heterocycles. The molecule has 1 atom stereocenters. The van der Waals surface area contributed by atoms with Crippen molar-refractivity contribution in [2.75, 3.05) is 36.9 Å². The number of nitrogens with zero attached hydrogens (tertiary/aromatic N) is 6. The molecule has 5 aromatic rings. The Balaban J connectivity index is 1.35. The molecule has 1 aliphatic rings. The van der Waals surface area contributed by atoms with Crippen molar-refractivity contribution in [3.8, 4) is 6.07 Å². The maximum atomic E-state index is 13.8. The van der Waals surface area contributed by atoms with Crippen LogP contribution < -0.4 is 10.6 Å². The highest BCUT2D eigenvalue weighted by Gasteiger charge is 2.22. The average Bonchev–Trinajstić information content (AvgIpc) is 3.50. The van der Waals surface area contributed by atoms with Crippen LogP contribution in [0.4, 0.5) is 21.5 Å². The minimum atomic E-state index is -0.554. The van der Waals surface area contributed by atoms with Crippen LogP contribution in [0.15, 0.2) is 73.1 Å². The fraction of sp³-hybridized carbons (Fsp3) is 0.194. The summed E-state index contributed by atoms with van der Waals surface area (Å²) in [4.78, 5) is 19.0. The van der Waals surface area contributed by atoms with Crippen molar-refractivity contribution in [3.63, 3.8) is 0 Å². The van der Waals surface area contributed by atoms with Crippen molar-refractivity contribution in [2.24, 2.45) is 0 Å². The van der Waals surface area contributed by atoms with Crippen LogP contribution in [0.25, 0.3) is 10.9 Å². The standard InChI is InChI=1S/C31H25Cl2FN8O2/c32-24-13-21(6-7-26(24)34)37-29-20(15-35)16-36-31-23(29)12-22(14-25(31)33)38-30(19-4-2-1-3-5-19)27-17-42(40-39-27)18-28(43)41-8-10-44-11-9-41/h1-7,12-14,16-17,30,38H,8-11,18H2,(H,36,37). The Kier molecular flexibility index (Phi) is 8.56. The van der Waals surface area contributed by atoms with Crippen molar-refractivity contribution in [1.82, 2.24) is 24.9 Å². The third-order valence-electron chi connectivity index (χ3n) is 7.19. The zero-order valence-corrected chi connectivity index (χ0v) is 24.7. The molecule has 2 aromatic heterocycles. The van der Waals surface area contributed by atoms with Crippen molar-refractivity contribution in [2.45, 2.75) is 12.6 Å². The second-order valence-corrected chi connectivity index (χ2v) is 10.9. The smallest absolute Gasteiger partial charge is 0.244 e. The minimum absolute atomic E-state index is 0.0569. The number of nitriles is 1. The number of rotatable bonds is 8. The monoisotopic (exact) mass is 630 g/mol. The summed E-state index contributed by atoms with van der Waals surface area (Å²) >= 11 is 12.7. The lowest BCUT2D eigenvalue weighted by Crippen LogP contribution is -2.42. The lowest BCUT2D eigenvalue weighted by molar-refractivity contribution is -0.136. The molecular formula is C31H25Cl2FN8O2. The van der Waals surface area contributed by atoms with E-state index in [1.54, 1.807) is 17.2 Å². The minimum Gasteiger partial charge on any atom is -0.378 e. The Labute approximate surface area is 262 Å². The summed E-state index contributed by atoms with van der Waals surface area (Å²) in [5.41, 5.74) is 3.76. The number of aromatic nitrogens is 4. The van der Waals surface area contributed by atoms with Gasteiger partial charge in [0.15, 0.2) is 0 Å².